The molecule has 0 aromatic heterocycles. The van der Waals surface area contributed by atoms with Crippen molar-refractivity contribution < 1.29 is 19.1 Å². The Morgan fingerprint density at radius 3 is 2.33 bits per heavy atom. The number of alkyl halides is 1. The van der Waals surface area contributed by atoms with E-state index in [1.54, 1.807) is 11.8 Å². The Hall–Kier alpha value is -0.530. The molecule has 0 saturated carbocycles. The zero-order valence-electron chi connectivity index (χ0n) is 13.5. The predicted molar refractivity (Wildman–Crippen MR) is 89.3 cm³/mol. The average Bonchev–Trinajstić information content (AvgIpc) is 2.35. The summed E-state index contributed by atoms with van der Waals surface area (Å²) in [6.45, 7) is 9.75. The molecule has 3 atom stereocenters. The Morgan fingerprint density at radius 1 is 1.24 bits per heavy atom. The van der Waals surface area contributed by atoms with Crippen LogP contribution in [0.1, 0.15) is 53.9 Å². The number of carbonyl (C=O) groups is 2. The van der Waals surface area contributed by atoms with Crippen molar-refractivity contribution in [2.75, 3.05) is 6.61 Å². The van der Waals surface area contributed by atoms with Gasteiger partial charge < -0.3 is 9.47 Å². The maximum Gasteiger partial charge on any atom is 0.411 e. The van der Waals surface area contributed by atoms with E-state index in [1.165, 1.54) is 0 Å². The number of nitrogens with zero attached hydrogens (tertiary/aromatic N) is 1. The number of likely N-dealkylation sites (tertiary alicyclic amines) is 1. The maximum atomic E-state index is 12.5. The molecule has 0 aromatic carbocycles. The smallest absolute Gasteiger partial charge is 0.411 e. The predicted octanol–water partition coefficient (Wildman–Crippen LogP) is 3.74. The number of carbonyl (C=O) groups excluding carboxylic acids is 2. The number of piperidine rings is 1. The highest BCUT2D eigenvalue weighted by Crippen LogP contribution is 2.35. The van der Waals surface area contributed by atoms with E-state index < -0.39 is 5.60 Å². The fourth-order valence-corrected chi connectivity index (χ4v) is 3.82. The molecule has 2 unspecified atom stereocenters. The van der Waals surface area contributed by atoms with Crippen LogP contribution in [0.15, 0.2) is 0 Å². The SMILES string of the molecule is CCOC(=O)[C@@H]1CCC(CC)N(C(=O)OC(C)(C)C)C1I. The van der Waals surface area contributed by atoms with Gasteiger partial charge in [-0.1, -0.05) is 29.5 Å². The Kier molecular flexibility index (Phi) is 6.74. The second-order valence-corrected chi connectivity index (χ2v) is 7.53. The monoisotopic (exact) mass is 411 g/mol. The van der Waals surface area contributed by atoms with Gasteiger partial charge in [-0.2, -0.15) is 0 Å². The van der Waals surface area contributed by atoms with Gasteiger partial charge in [0.05, 0.1) is 12.5 Å². The quantitative estimate of drug-likeness (QED) is 0.307. The second kappa shape index (κ2) is 7.65. The maximum absolute atomic E-state index is 12.5. The number of hydrogen-bond donors (Lipinski definition) is 0. The molecule has 1 amide bonds. The van der Waals surface area contributed by atoms with Crippen LogP contribution < -0.4 is 0 Å². The third-order valence-corrected chi connectivity index (χ3v) is 4.94. The molecule has 1 heterocycles. The van der Waals surface area contributed by atoms with Crippen molar-refractivity contribution in [2.45, 2.75) is 69.6 Å². The van der Waals surface area contributed by atoms with E-state index in [4.69, 9.17) is 9.47 Å². The number of rotatable bonds is 3. The molecule has 1 saturated heterocycles. The largest absolute Gasteiger partial charge is 0.466 e. The number of amides is 1. The van der Waals surface area contributed by atoms with Crippen LogP contribution >= 0.6 is 22.6 Å². The molecule has 21 heavy (non-hydrogen) atoms. The van der Waals surface area contributed by atoms with Crippen LogP contribution in [0.4, 0.5) is 4.79 Å². The van der Waals surface area contributed by atoms with Crippen molar-refractivity contribution in [1.29, 1.82) is 0 Å². The van der Waals surface area contributed by atoms with Crippen molar-refractivity contribution in [3.63, 3.8) is 0 Å². The fourth-order valence-electron chi connectivity index (χ4n) is 2.49. The number of ether oxygens (including phenoxy) is 2. The first-order chi connectivity index (χ1) is 9.71. The lowest BCUT2D eigenvalue weighted by atomic mass is 9.92. The summed E-state index contributed by atoms with van der Waals surface area (Å²) < 4.78 is 10.4. The summed E-state index contributed by atoms with van der Waals surface area (Å²) in [5.74, 6) is -0.499. The minimum Gasteiger partial charge on any atom is -0.466 e. The molecule has 1 aliphatic rings. The van der Waals surface area contributed by atoms with Gasteiger partial charge in [0.1, 0.15) is 9.65 Å². The first-order valence-corrected chi connectivity index (χ1v) is 8.77. The van der Waals surface area contributed by atoms with Gasteiger partial charge in [-0.3, -0.25) is 9.69 Å². The Balaban J connectivity index is 2.89. The fraction of sp³-hybridized carbons (Fsp3) is 0.867. The van der Waals surface area contributed by atoms with Gasteiger partial charge in [0.2, 0.25) is 0 Å². The van der Waals surface area contributed by atoms with Crippen molar-refractivity contribution >= 4 is 34.7 Å². The molecule has 0 N–H and O–H groups in total. The van der Waals surface area contributed by atoms with Crippen LogP contribution in [0.25, 0.3) is 0 Å². The number of hydrogen-bond acceptors (Lipinski definition) is 4. The molecule has 0 spiro atoms. The minimum atomic E-state index is -0.539. The van der Waals surface area contributed by atoms with E-state index in [0.29, 0.717) is 6.61 Å². The van der Waals surface area contributed by atoms with E-state index in [9.17, 15) is 9.59 Å². The van der Waals surface area contributed by atoms with Gasteiger partial charge in [-0.25, -0.2) is 4.79 Å². The molecule has 1 rings (SSSR count). The molecule has 6 heteroatoms. The molecule has 5 nitrogen and oxygen atoms in total. The molecule has 0 radical (unpaired) electrons. The van der Waals surface area contributed by atoms with E-state index in [-0.39, 0.29) is 28.1 Å². The van der Waals surface area contributed by atoms with Crippen LogP contribution in [-0.2, 0) is 14.3 Å². The van der Waals surface area contributed by atoms with Crippen LogP contribution in [0.3, 0.4) is 0 Å². The van der Waals surface area contributed by atoms with E-state index in [2.05, 4.69) is 29.5 Å². The standard InChI is InChI=1S/C15H26INO4/c1-6-10-8-9-11(13(18)20-7-2)12(16)17(10)14(19)21-15(3,4)5/h10-12H,6-9H2,1-5H3/t10?,11-,12?/m1/s1. The second-order valence-electron chi connectivity index (χ2n) is 6.26. The van der Waals surface area contributed by atoms with Gasteiger partial charge in [-0.05, 0) is 47.0 Å². The Morgan fingerprint density at radius 2 is 1.86 bits per heavy atom. The zero-order chi connectivity index (χ0) is 16.2. The Labute approximate surface area is 140 Å². The molecule has 1 fully saturated rings. The van der Waals surface area contributed by atoms with Crippen molar-refractivity contribution in [2.24, 2.45) is 5.92 Å². The lowest BCUT2D eigenvalue weighted by Crippen LogP contribution is -2.54. The molecule has 122 valence electrons. The lowest BCUT2D eigenvalue weighted by Gasteiger charge is -2.42. The third kappa shape index (κ3) is 5.00. The van der Waals surface area contributed by atoms with Crippen molar-refractivity contribution in [3.05, 3.63) is 0 Å². The summed E-state index contributed by atoms with van der Waals surface area (Å²) in [4.78, 5) is 26.2. The summed E-state index contributed by atoms with van der Waals surface area (Å²) in [6, 6.07) is 0.118. The molecule has 0 bridgehead atoms. The molecular formula is C15H26INO4. The highest BCUT2D eigenvalue weighted by atomic mass is 127. The van der Waals surface area contributed by atoms with Gasteiger partial charge in [0.25, 0.3) is 0 Å². The number of halogens is 1. The van der Waals surface area contributed by atoms with Gasteiger partial charge in [-0.15, -0.1) is 0 Å². The highest BCUT2D eigenvalue weighted by molar-refractivity contribution is 14.1. The van der Waals surface area contributed by atoms with Gasteiger partial charge in [0, 0.05) is 6.04 Å². The third-order valence-electron chi connectivity index (χ3n) is 3.47. The van der Waals surface area contributed by atoms with Crippen LogP contribution in [0, 0.1) is 5.92 Å². The molecule has 0 aliphatic carbocycles. The Bertz CT molecular complexity index is 380. The molecular weight excluding hydrogens is 385 g/mol. The van der Waals surface area contributed by atoms with Crippen LogP contribution in [0.5, 0.6) is 0 Å². The van der Waals surface area contributed by atoms with E-state index >= 15 is 0 Å². The average molecular weight is 411 g/mol. The normalized spacial score (nSPS) is 26.4. The topological polar surface area (TPSA) is 55.8 Å². The lowest BCUT2D eigenvalue weighted by molar-refractivity contribution is -0.150. The number of esters is 1. The minimum absolute atomic E-state index is 0.118. The summed E-state index contributed by atoms with van der Waals surface area (Å²) >= 11 is 2.17. The van der Waals surface area contributed by atoms with Crippen molar-refractivity contribution in [1.82, 2.24) is 4.90 Å². The summed E-state index contributed by atoms with van der Waals surface area (Å²) in [5, 5.41) is 0. The van der Waals surface area contributed by atoms with E-state index in [0.717, 1.165) is 19.3 Å². The highest BCUT2D eigenvalue weighted by Gasteiger charge is 2.43. The zero-order valence-corrected chi connectivity index (χ0v) is 15.7. The van der Waals surface area contributed by atoms with Crippen molar-refractivity contribution in [3.8, 4) is 0 Å². The first kappa shape index (κ1) is 18.5. The molecule has 1 aliphatic heterocycles. The summed E-state index contributed by atoms with van der Waals surface area (Å²) in [6.07, 6.45) is 2.07. The van der Waals surface area contributed by atoms with Crippen LogP contribution in [0.2, 0.25) is 0 Å². The van der Waals surface area contributed by atoms with Crippen LogP contribution in [-0.4, -0.2) is 39.3 Å². The summed E-state index contributed by atoms with van der Waals surface area (Å²) in [5.41, 5.74) is -0.539. The van der Waals surface area contributed by atoms with Gasteiger partial charge in [0.15, 0.2) is 0 Å². The van der Waals surface area contributed by atoms with Gasteiger partial charge >= 0.3 is 12.1 Å². The first-order valence-electron chi connectivity index (χ1n) is 7.53. The van der Waals surface area contributed by atoms with E-state index in [1.807, 2.05) is 20.8 Å². The summed E-state index contributed by atoms with van der Waals surface area (Å²) in [7, 11) is 0. The molecule has 0 aromatic rings.